The SMILES string of the molecule is COc1cc(C)nc(N(CC2CCCNC2)C2CC2)n1. The van der Waals surface area contributed by atoms with Gasteiger partial charge in [0.2, 0.25) is 11.8 Å². The monoisotopic (exact) mass is 276 g/mol. The van der Waals surface area contributed by atoms with Crippen molar-refractivity contribution in [3.63, 3.8) is 0 Å². The molecule has 0 spiro atoms. The minimum atomic E-state index is 0.628. The Bertz CT molecular complexity index is 455. The van der Waals surface area contributed by atoms with Crippen LogP contribution in [-0.2, 0) is 0 Å². The quantitative estimate of drug-likeness (QED) is 0.888. The maximum atomic E-state index is 5.29. The number of nitrogens with zero attached hydrogens (tertiary/aromatic N) is 3. The molecule has 1 unspecified atom stereocenters. The van der Waals surface area contributed by atoms with Crippen molar-refractivity contribution in [1.29, 1.82) is 0 Å². The van der Waals surface area contributed by atoms with Gasteiger partial charge in [0.15, 0.2) is 0 Å². The normalized spacial score (nSPS) is 22.6. The predicted octanol–water partition coefficient (Wildman–Crippen LogP) is 1.76. The molecule has 5 nitrogen and oxygen atoms in total. The van der Waals surface area contributed by atoms with Crippen LogP contribution in [0.2, 0.25) is 0 Å². The molecule has 2 aliphatic rings. The van der Waals surface area contributed by atoms with Gasteiger partial charge in [-0.15, -0.1) is 0 Å². The van der Waals surface area contributed by atoms with Crippen molar-refractivity contribution in [2.75, 3.05) is 31.6 Å². The average molecular weight is 276 g/mol. The van der Waals surface area contributed by atoms with Crippen LogP contribution < -0.4 is 15.0 Å². The van der Waals surface area contributed by atoms with E-state index < -0.39 is 0 Å². The Labute approximate surface area is 120 Å². The molecule has 1 atom stereocenters. The van der Waals surface area contributed by atoms with E-state index in [1.165, 1.54) is 25.7 Å². The number of aromatic nitrogens is 2. The Balaban J connectivity index is 1.77. The van der Waals surface area contributed by atoms with E-state index in [-0.39, 0.29) is 0 Å². The van der Waals surface area contributed by atoms with Crippen molar-refractivity contribution in [2.45, 2.75) is 38.6 Å². The Hall–Kier alpha value is -1.36. The van der Waals surface area contributed by atoms with Gasteiger partial charge in [0.05, 0.1) is 7.11 Å². The maximum absolute atomic E-state index is 5.29. The Morgan fingerprint density at radius 3 is 2.85 bits per heavy atom. The van der Waals surface area contributed by atoms with Crippen molar-refractivity contribution >= 4 is 5.95 Å². The molecule has 5 heteroatoms. The number of anilines is 1. The lowest BCUT2D eigenvalue weighted by Crippen LogP contribution is -2.40. The van der Waals surface area contributed by atoms with E-state index in [1.54, 1.807) is 7.11 Å². The first-order valence-corrected chi connectivity index (χ1v) is 7.63. The van der Waals surface area contributed by atoms with Crippen LogP contribution in [0.15, 0.2) is 6.07 Å². The van der Waals surface area contributed by atoms with E-state index >= 15 is 0 Å². The molecule has 110 valence electrons. The molecule has 1 aliphatic heterocycles. The average Bonchev–Trinajstić information content (AvgIpc) is 3.29. The molecule has 0 bridgehead atoms. The first kappa shape index (κ1) is 13.6. The van der Waals surface area contributed by atoms with Gasteiger partial charge in [0, 0.05) is 24.3 Å². The van der Waals surface area contributed by atoms with Crippen LogP contribution in [0.4, 0.5) is 5.95 Å². The molecule has 0 amide bonds. The molecule has 1 aromatic heterocycles. The van der Waals surface area contributed by atoms with Gasteiger partial charge in [-0.05, 0) is 51.6 Å². The Kier molecular flexibility index (Phi) is 4.05. The second-order valence-corrected chi connectivity index (χ2v) is 5.95. The molecule has 2 fully saturated rings. The number of ether oxygens (including phenoxy) is 1. The highest BCUT2D eigenvalue weighted by Gasteiger charge is 2.33. The van der Waals surface area contributed by atoms with Crippen LogP contribution in [0, 0.1) is 12.8 Å². The summed E-state index contributed by atoms with van der Waals surface area (Å²) in [5, 5.41) is 3.49. The number of hydrogen-bond acceptors (Lipinski definition) is 5. The third-order valence-corrected chi connectivity index (χ3v) is 4.13. The number of nitrogens with one attached hydrogen (secondary N) is 1. The standard InChI is InChI=1S/C15H24N4O/c1-11-8-14(20-2)18-15(17-11)19(13-5-6-13)10-12-4-3-7-16-9-12/h8,12-13,16H,3-7,9-10H2,1-2H3. The second kappa shape index (κ2) is 5.95. The van der Waals surface area contributed by atoms with E-state index in [9.17, 15) is 0 Å². The van der Waals surface area contributed by atoms with Crippen LogP contribution in [0.25, 0.3) is 0 Å². The number of rotatable bonds is 5. The van der Waals surface area contributed by atoms with Gasteiger partial charge in [-0.2, -0.15) is 4.98 Å². The van der Waals surface area contributed by atoms with Crippen LogP contribution in [0.5, 0.6) is 5.88 Å². The first-order valence-electron chi connectivity index (χ1n) is 7.63. The summed E-state index contributed by atoms with van der Waals surface area (Å²) in [6.45, 7) is 5.34. The summed E-state index contributed by atoms with van der Waals surface area (Å²) in [6, 6.07) is 2.51. The van der Waals surface area contributed by atoms with Crippen LogP contribution in [-0.4, -0.2) is 42.8 Å². The summed E-state index contributed by atoms with van der Waals surface area (Å²) >= 11 is 0. The van der Waals surface area contributed by atoms with Gasteiger partial charge in [-0.3, -0.25) is 0 Å². The van der Waals surface area contributed by atoms with E-state index in [4.69, 9.17) is 4.74 Å². The minimum absolute atomic E-state index is 0.628. The molecule has 1 aromatic rings. The van der Waals surface area contributed by atoms with E-state index in [2.05, 4.69) is 20.2 Å². The Morgan fingerprint density at radius 2 is 2.20 bits per heavy atom. The summed E-state index contributed by atoms with van der Waals surface area (Å²) in [5.74, 6) is 2.22. The van der Waals surface area contributed by atoms with Gasteiger partial charge in [-0.25, -0.2) is 4.98 Å². The number of aryl methyl sites for hydroxylation is 1. The van der Waals surface area contributed by atoms with Crippen LogP contribution in [0.3, 0.4) is 0 Å². The molecule has 0 radical (unpaired) electrons. The van der Waals surface area contributed by atoms with E-state index in [1.807, 2.05) is 13.0 Å². The van der Waals surface area contributed by atoms with Crippen molar-refractivity contribution < 1.29 is 4.74 Å². The molecular formula is C15H24N4O. The highest BCUT2D eigenvalue weighted by Crippen LogP contribution is 2.32. The van der Waals surface area contributed by atoms with E-state index in [0.29, 0.717) is 17.8 Å². The fourth-order valence-corrected chi connectivity index (χ4v) is 2.90. The van der Waals surface area contributed by atoms with Gasteiger partial charge in [-0.1, -0.05) is 0 Å². The lowest BCUT2D eigenvalue weighted by Gasteiger charge is -2.30. The molecule has 1 saturated heterocycles. The third kappa shape index (κ3) is 3.20. The minimum Gasteiger partial charge on any atom is -0.481 e. The zero-order valence-corrected chi connectivity index (χ0v) is 12.4. The van der Waals surface area contributed by atoms with Gasteiger partial charge < -0.3 is 15.0 Å². The summed E-state index contributed by atoms with van der Waals surface area (Å²) in [7, 11) is 1.66. The molecule has 3 rings (SSSR count). The van der Waals surface area contributed by atoms with Crippen molar-refractivity contribution in [3.8, 4) is 5.88 Å². The van der Waals surface area contributed by atoms with E-state index in [0.717, 1.165) is 31.3 Å². The number of hydrogen-bond donors (Lipinski definition) is 1. The zero-order chi connectivity index (χ0) is 13.9. The number of methoxy groups -OCH3 is 1. The summed E-state index contributed by atoms with van der Waals surface area (Å²) in [6.07, 6.45) is 5.11. The van der Waals surface area contributed by atoms with Gasteiger partial charge in [0.1, 0.15) is 0 Å². The topological polar surface area (TPSA) is 50.3 Å². The lowest BCUT2D eigenvalue weighted by molar-refractivity contribution is 0.372. The fraction of sp³-hybridized carbons (Fsp3) is 0.733. The Morgan fingerprint density at radius 1 is 1.35 bits per heavy atom. The summed E-state index contributed by atoms with van der Waals surface area (Å²) < 4.78 is 5.29. The predicted molar refractivity (Wildman–Crippen MR) is 79.3 cm³/mol. The second-order valence-electron chi connectivity index (χ2n) is 5.95. The first-order chi connectivity index (χ1) is 9.76. The summed E-state index contributed by atoms with van der Waals surface area (Å²) in [4.78, 5) is 11.6. The number of piperidine rings is 1. The molecule has 2 heterocycles. The summed E-state index contributed by atoms with van der Waals surface area (Å²) in [5.41, 5.74) is 0.972. The molecular weight excluding hydrogens is 252 g/mol. The maximum Gasteiger partial charge on any atom is 0.229 e. The smallest absolute Gasteiger partial charge is 0.229 e. The molecule has 1 saturated carbocycles. The zero-order valence-electron chi connectivity index (χ0n) is 12.4. The fourth-order valence-electron chi connectivity index (χ4n) is 2.90. The van der Waals surface area contributed by atoms with Gasteiger partial charge >= 0.3 is 0 Å². The molecule has 20 heavy (non-hydrogen) atoms. The molecule has 0 aromatic carbocycles. The highest BCUT2D eigenvalue weighted by molar-refractivity contribution is 5.37. The highest BCUT2D eigenvalue weighted by atomic mass is 16.5. The molecule has 1 N–H and O–H groups in total. The van der Waals surface area contributed by atoms with Crippen molar-refractivity contribution in [2.24, 2.45) is 5.92 Å². The van der Waals surface area contributed by atoms with Crippen molar-refractivity contribution in [1.82, 2.24) is 15.3 Å². The van der Waals surface area contributed by atoms with Crippen LogP contribution in [0.1, 0.15) is 31.4 Å². The van der Waals surface area contributed by atoms with Crippen molar-refractivity contribution in [3.05, 3.63) is 11.8 Å². The van der Waals surface area contributed by atoms with Gasteiger partial charge in [0.25, 0.3) is 0 Å². The van der Waals surface area contributed by atoms with Crippen LogP contribution >= 0.6 is 0 Å². The third-order valence-electron chi connectivity index (χ3n) is 4.13. The lowest BCUT2D eigenvalue weighted by atomic mass is 9.99. The largest absolute Gasteiger partial charge is 0.481 e. The molecule has 1 aliphatic carbocycles.